The van der Waals surface area contributed by atoms with Crippen molar-refractivity contribution >= 4 is 17.4 Å². The summed E-state index contributed by atoms with van der Waals surface area (Å²) >= 11 is 1.81. The largest absolute Gasteiger partial charge is 0.391 e. The normalized spacial score (nSPS) is 17.0. The number of hydrogen-bond acceptors (Lipinski definition) is 4. The Balaban J connectivity index is 1.50. The molecule has 0 saturated carbocycles. The van der Waals surface area contributed by atoms with Gasteiger partial charge in [-0.1, -0.05) is 42.5 Å². The number of anilines is 1. The molecular weight excluding hydrogens is 316 g/mol. The van der Waals surface area contributed by atoms with E-state index in [0.717, 1.165) is 39.1 Å². The molecule has 0 radical (unpaired) electrons. The number of rotatable bonds is 6. The fourth-order valence-electron chi connectivity index (χ4n) is 3.31. The number of para-hydroxylation sites is 1. The molecular formula is C20H26N2OS. The van der Waals surface area contributed by atoms with Crippen molar-refractivity contribution in [2.75, 3.05) is 43.9 Å². The van der Waals surface area contributed by atoms with Crippen LogP contribution in [0.4, 0.5) is 5.69 Å². The first-order valence-electron chi connectivity index (χ1n) is 8.58. The summed E-state index contributed by atoms with van der Waals surface area (Å²) in [6, 6.07) is 18.9. The minimum Gasteiger partial charge on any atom is -0.391 e. The fourth-order valence-corrected chi connectivity index (χ4v) is 3.93. The highest BCUT2D eigenvalue weighted by Crippen LogP contribution is 2.29. The monoisotopic (exact) mass is 342 g/mol. The summed E-state index contributed by atoms with van der Waals surface area (Å²) in [6.07, 6.45) is 2.57. The average Bonchev–Trinajstić information content (AvgIpc) is 2.63. The van der Waals surface area contributed by atoms with Gasteiger partial charge >= 0.3 is 0 Å². The van der Waals surface area contributed by atoms with E-state index in [1.807, 2.05) is 18.2 Å². The molecule has 0 aliphatic carbocycles. The molecule has 1 saturated heterocycles. The second kappa shape index (κ2) is 8.56. The van der Waals surface area contributed by atoms with Crippen LogP contribution in [0.25, 0.3) is 0 Å². The highest BCUT2D eigenvalue weighted by Gasteiger charge is 2.20. The Morgan fingerprint density at radius 3 is 2.33 bits per heavy atom. The maximum absolute atomic E-state index is 10.4. The van der Waals surface area contributed by atoms with Crippen LogP contribution in [0.3, 0.4) is 0 Å². The summed E-state index contributed by atoms with van der Waals surface area (Å²) < 4.78 is 0. The van der Waals surface area contributed by atoms with Gasteiger partial charge in [-0.05, 0) is 30.4 Å². The van der Waals surface area contributed by atoms with Crippen molar-refractivity contribution in [2.45, 2.75) is 17.4 Å². The molecule has 1 aliphatic rings. The van der Waals surface area contributed by atoms with Gasteiger partial charge < -0.3 is 10.0 Å². The molecule has 3 rings (SSSR count). The second-order valence-corrected chi connectivity index (χ2v) is 7.15. The molecule has 1 heterocycles. The molecule has 1 N–H and O–H groups in total. The minimum atomic E-state index is -0.294. The van der Waals surface area contributed by atoms with Crippen molar-refractivity contribution in [1.29, 1.82) is 0 Å². The molecule has 1 aliphatic heterocycles. The van der Waals surface area contributed by atoms with Crippen molar-refractivity contribution in [2.24, 2.45) is 0 Å². The lowest BCUT2D eigenvalue weighted by molar-refractivity contribution is 0.109. The molecule has 0 spiro atoms. The van der Waals surface area contributed by atoms with Crippen LogP contribution in [0.1, 0.15) is 5.56 Å². The van der Waals surface area contributed by atoms with Crippen LogP contribution in [-0.4, -0.2) is 55.1 Å². The highest BCUT2D eigenvalue weighted by molar-refractivity contribution is 7.98. The number of β-amino-alcohol motifs (C(OH)–C–C–N with tert-alkyl or cyclic N) is 1. The van der Waals surface area contributed by atoms with Gasteiger partial charge in [0.1, 0.15) is 0 Å². The quantitative estimate of drug-likeness (QED) is 0.816. The maximum atomic E-state index is 10.4. The van der Waals surface area contributed by atoms with Crippen molar-refractivity contribution in [1.82, 2.24) is 4.90 Å². The number of aliphatic hydroxyl groups excluding tert-OH is 1. The number of piperazine rings is 1. The van der Waals surface area contributed by atoms with Crippen LogP contribution in [0, 0.1) is 0 Å². The molecule has 3 nitrogen and oxygen atoms in total. The molecule has 1 fully saturated rings. The van der Waals surface area contributed by atoms with Gasteiger partial charge in [0.15, 0.2) is 0 Å². The predicted molar refractivity (Wildman–Crippen MR) is 103 cm³/mol. The Bertz CT molecular complexity index is 627. The van der Waals surface area contributed by atoms with Crippen LogP contribution in [0.2, 0.25) is 0 Å². The first-order valence-corrected chi connectivity index (χ1v) is 9.81. The van der Waals surface area contributed by atoms with Gasteiger partial charge in [-0.15, -0.1) is 11.8 Å². The van der Waals surface area contributed by atoms with Crippen molar-refractivity contribution in [3.8, 4) is 0 Å². The van der Waals surface area contributed by atoms with Crippen molar-refractivity contribution in [3.05, 3.63) is 60.2 Å². The zero-order valence-electron chi connectivity index (χ0n) is 14.3. The van der Waals surface area contributed by atoms with E-state index in [4.69, 9.17) is 0 Å². The van der Waals surface area contributed by atoms with E-state index in [1.165, 1.54) is 16.1 Å². The molecule has 4 heteroatoms. The van der Waals surface area contributed by atoms with E-state index in [0.29, 0.717) is 0 Å². The minimum absolute atomic E-state index is 0.294. The smallest absolute Gasteiger partial charge is 0.0707 e. The summed E-state index contributed by atoms with van der Waals surface area (Å²) in [5.74, 6) is 0. The molecule has 0 amide bonds. The van der Waals surface area contributed by atoms with Gasteiger partial charge in [0.25, 0.3) is 0 Å². The Morgan fingerprint density at radius 1 is 0.958 bits per heavy atom. The van der Waals surface area contributed by atoms with E-state index in [1.54, 1.807) is 11.8 Å². The molecule has 128 valence electrons. The van der Waals surface area contributed by atoms with Crippen LogP contribution in [-0.2, 0) is 6.42 Å². The number of aliphatic hydroxyl groups is 1. The third-order valence-electron chi connectivity index (χ3n) is 4.58. The number of benzene rings is 2. The van der Waals surface area contributed by atoms with Gasteiger partial charge in [0, 0.05) is 37.6 Å². The summed E-state index contributed by atoms with van der Waals surface area (Å²) in [5, 5.41) is 10.4. The van der Waals surface area contributed by atoms with E-state index >= 15 is 0 Å². The molecule has 0 aromatic heterocycles. The molecule has 0 bridgehead atoms. The Hall–Kier alpha value is -1.49. The zero-order valence-corrected chi connectivity index (χ0v) is 15.1. The van der Waals surface area contributed by atoms with E-state index in [2.05, 4.69) is 52.5 Å². The number of thioether (sulfide) groups is 1. The summed E-state index contributed by atoms with van der Waals surface area (Å²) in [5.41, 5.74) is 2.55. The third kappa shape index (κ3) is 4.53. The fraction of sp³-hybridized carbons (Fsp3) is 0.400. The number of hydrogen-bond donors (Lipinski definition) is 1. The van der Waals surface area contributed by atoms with Crippen molar-refractivity contribution < 1.29 is 5.11 Å². The van der Waals surface area contributed by atoms with Crippen LogP contribution >= 0.6 is 11.8 Å². The molecule has 1 atom stereocenters. The summed E-state index contributed by atoms with van der Waals surface area (Å²) in [6.45, 7) is 4.82. The van der Waals surface area contributed by atoms with Gasteiger partial charge in [0.2, 0.25) is 0 Å². The number of nitrogens with zero attached hydrogens (tertiary/aromatic N) is 2. The lowest BCUT2D eigenvalue weighted by atomic mass is 10.1. The Kier molecular flexibility index (Phi) is 6.18. The SMILES string of the molecule is CSc1ccccc1N1CCN(CC(O)Cc2ccccc2)CC1. The second-order valence-electron chi connectivity index (χ2n) is 6.30. The highest BCUT2D eigenvalue weighted by atomic mass is 32.2. The molecule has 2 aromatic rings. The van der Waals surface area contributed by atoms with Gasteiger partial charge in [-0.3, -0.25) is 4.90 Å². The summed E-state index contributed by atoms with van der Waals surface area (Å²) in [4.78, 5) is 6.19. The maximum Gasteiger partial charge on any atom is 0.0707 e. The molecule has 1 unspecified atom stereocenters. The van der Waals surface area contributed by atoms with E-state index in [9.17, 15) is 5.11 Å². The van der Waals surface area contributed by atoms with Crippen LogP contribution in [0.5, 0.6) is 0 Å². The van der Waals surface area contributed by atoms with Gasteiger partial charge in [-0.25, -0.2) is 0 Å². The summed E-state index contributed by atoms with van der Waals surface area (Å²) in [7, 11) is 0. The van der Waals surface area contributed by atoms with E-state index in [-0.39, 0.29) is 6.10 Å². The molecule has 2 aromatic carbocycles. The molecule has 24 heavy (non-hydrogen) atoms. The predicted octanol–water partition coefficient (Wildman–Crippen LogP) is 3.13. The van der Waals surface area contributed by atoms with Crippen LogP contribution < -0.4 is 4.90 Å². The first kappa shape index (κ1) is 17.3. The first-order chi connectivity index (χ1) is 11.8. The lowest BCUT2D eigenvalue weighted by Gasteiger charge is -2.37. The Labute approximate surface area is 149 Å². The van der Waals surface area contributed by atoms with Gasteiger partial charge in [-0.2, -0.15) is 0 Å². The van der Waals surface area contributed by atoms with Crippen LogP contribution in [0.15, 0.2) is 59.5 Å². The van der Waals surface area contributed by atoms with Crippen molar-refractivity contribution in [3.63, 3.8) is 0 Å². The zero-order chi connectivity index (χ0) is 16.8. The third-order valence-corrected chi connectivity index (χ3v) is 5.37. The van der Waals surface area contributed by atoms with E-state index < -0.39 is 0 Å². The average molecular weight is 343 g/mol. The van der Waals surface area contributed by atoms with Gasteiger partial charge in [0.05, 0.1) is 11.8 Å². The topological polar surface area (TPSA) is 26.7 Å². The Morgan fingerprint density at radius 2 is 1.62 bits per heavy atom. The lowest BCUT2D eigenvalue weighted by Crippen LogP contribution is -2.49. The standard InChI is InChI=1S/C20H26N2OS/c1-24-20-10-6-5-9-19(20)22-13-11-21(12-14-22)16-18(23)15-17-7-3-2-4-8-17/h2-10,18,23H,11-16H2,1H3.